The summed E-state index contributed by atoms with van der Waals surface area (Å²) in [7, 11) is 1.57. The van der Waals surface area contributed by atoms with Crippen molar-refractivity contribution in [2.45, 2.75) is 0 Å². The number of hydrogen-bond acceptors (Lipinski definition) is 4. The van der Waals surface area contributed by atoms with Crippen LogP contribution in [0.1, 0.15) is 0 Å². The van der Waals surface area contributed by atoms with Crippen LogP contribution in [0.25, 0.3) is 16.9 Å². The fourth-order valence-electron chi connectivity index (χ4n) is 1.91. The molecule has 0 saturated carbocycles. The molecule has 0 radical (unpaired) electrons. The molecule has 96 valence electrons. The Hall–Kier alpha value is -1.48. The highest BCUT2D eigenvalue weighted by atomic mass is 127. The lowest BCUT2D eigenvalue weighted by molar-refractivity contribution is 0.401. The summed E-state index contributed by atoms with van der Waals surface area (Å²) in [6, 6.07) is 8.03. The fraction of sp³-hybridized carbons (Fsp3) is 0.0833. The first-order valence-corrected chi connectivity index (χ1v) is 6.95. The Balaban J connectivity index is 2.36. The third kappa shape index (κ3) is 2.12. The predicted molar refractivity (Wildman–Crippen MR) is 83.3 cm³/mol. The summed E-state index contributed by atoms with van der Waals surface area (Å²) in [6.45, 7) is 0. The molecule has 0 bridgehead atoms. The summed E-state index contributed by atoms with van der Waals surface area (Å²) in [5.74, 6) is 0.487. The van der Waals surface area contributed by atoms with Crippen molar-refractivity contribution < 1.29 is 4.74 Å². The van der Waals surface area contributed by atoms with E-state index in [1.54, 1.807) is 7.11 Å². The molecular formula is C12H9IN4OS. The molecule has 2 aromatic heterocycles. The number of fused-ring (bicyclic) bond motifs is 1. The Kier molecular flexibility index (Phi) is 3.23. The molecule has 7 heteroatoms. The smallest absolute Gasteiger partial charge is 0.242 e. The first kappa shape index (κ1) is 12.5. The average Bonchev–Trinajstić information content (AvgIpc) is 2.74. The van der Waals surface area contributed by atoms with Gasteiger partial charge in [0, 0.05) is 3.57 Å². The van der Waals surface area contributed by atoms with Gasteiger partial charge < -0.3 is 9.72 Å². The number of benzene rings is 1. The molecule has 0 amide bonds. The third-order valence-electron chi connectivity index (χ3n) is 2.70. The maximum absolute atomic E-state index is 5.37. The van der Waals surface area contributed by atoms with Crippen LogP contribution in [-0.4, -0.2) is 26.6 Å². The van der Waals surface area contributed by atoms with E-state index in [0.29, 0.717) is 21.8 Å². The predicted octanol–water partition coefficient (Wildman–Crippen LogP) is 3.09. The Morgan fingerprint density at radius 2 is 2.21 bits per heavy atom. The van der Waals surface area contributed by atoms with E-state index in [0.717, 1.165) is 9.26 Å². The lowest BCUT2D eigenvalue weighted by Crippen LogP contribution is -1.97. The molecule has 1 aromatic carbocycles. The minimum Gasteiger partial charge on any atom is -0.479 e. The summed E-state index contributed by atoms with van der Waals surface area (Å²) in [6.07, 6.45) is 1.47. The second kappa shape index (κ2) is 4.89. The van der Waals surface area contributed by atoms with Gasteiger partial charge in [0.05, 0.1) is 12.8 Å². The Morgan fingerprint density at radius 3 is 2.95 bits per heavy atom. The largest absolute Gasteiger partial charge is 0.479 e. The molecule has 0 aliphatic rings. The van der Waals surface area contributed by atoms with Crippen molar-refractivity contribution in [2.24, 2.45) is 0 Å². The van der Waals surface area contributed by atoms with E-state index in [1.165, 1.54) is 6.33 Å². The normalized spacial score (nSPS) is 10.8. The molecule has 3 rings (SSSR count). The van der Waals surface area contributed by atoms with Crippen molar-refractivity contribution in [1.82, 2.24) is 19.5 Å². The van der Waals surface area contributed by atoms with E-state index in [9.17, 15) is 0 Å². The maximum atomic E-state index is 5.37. The highest BCUT2D eigenvalue weighted by molar-refractivity contribution is 14.1. The van der Waals surface area contributed by atoms with Crippen molar-refractivity contribution >= 4 is 46.0 Å². The van der Waals surface area contributed by atoms with E-state index in [1.807, 2.05) is 28.8 Å². The molecule has 0 unspecified atom stereocenters. The lowest BCUT2D eigenvalue weighted by atomic mass is 10.3. The first-order valence-electron chi connectivity index (χ1n) is 5.46. The van der Waals surface area contributed by atoms with E-state index in [2.05, 4.69) is 37.5 Å². The van der Waals surface area contributed by atoms with Gasteiger partial charge in [-0.1, -0.05) is 6.07 Å². The zero-order valence-corrected chi connectivity index (χ0v) is 12.9. The molecule has 0 atom stereocenters. The molecule has 19 heavy (non-hydrogen) atoms. The van der Waals surface area contributed by atoms with Gasteiger partial charge in [-0.3, -0.25) is 4.57 Å². The van der Waals surface area contributed by atoms with Crippen LogP contribution in [0.4, 0.5) is 0 Å². The number of rotatable bonds is 2. The van der Waals surface area contributed by atoms with Gasteiger partial charge >= 0.3 is 0 Å². The van der Waals surface area contributed by atoms with Gasteiger partial charge in [0.25, 0.3) is 0 Å². The van der Waals surface area contributed by atoms with E-state index in [4.69, 9.17) is 17.0 Å². The highest BCUT2D eigenvalue weighted by Gasteiger charge is 2.12. The Bertz CT molecular complexity index is 811. The molecule has 3 aromatic rings. The van der Waals surface area contributed by atoms with Gasteiger partial charge in [0.2, 0.25) is 5.88 Å². The van der Waals surface area contributed by atoms with Crippen molar-refractivity contribution in [3.05, 3.63) is 38.9 Å². The number of imidazole rings is 1. The van der Waals surface area contributed by atoms with Crippen LogP contribution >= 0.6 is 34.8 Å². The Morgan fingerprint density at radius 1 is 1.37 bits per heavy atom. The quantitative estimate of drug-likeness (QED) is 0.545. The van der Waals surface area contributed by atoms with Crippen LogP contribution < -0.4 is 4.74 Å². The second-order valence-electron chi connectivity index (χ2n) is 3.83. The van der Waals surface area contributed by atoms with E-state index < -0.39 is 0 Å². The summed E-state index contributed by atoms with van der Waals surface area (Å²) >= 11 is 7.63. The molecule has 0 aliphatic carbocycles. The Labute approximate surface area is 127 Å². The van der Waals surface area contributed by atoms with E-state index in [-0.39, 0.29) is 0 Å². The summed E-state index contributed by atoms with van der Waals surface area (Å²) in [5.41, 5.74) is 2.37. The van der Waals surface area contributed by atoms with Crippen LogP contribution in [0.2, 0.25) is 0 Å². The lowest BCUT2D eigenvalue weighted by Gasteiger charge is -2.04. The number of ether oxygens (including phenoxy) is 1. The van der Waals surface area contributed by atoms with Crippen molar-refractivity contribution in [3.63, 3.8) is 0 Å². The molecule has 1 N–H and O–H groups in total. The molecule has 0 spiro atoms. The van der Waals surface area contributed by atoms with Crippen molar-refractivity contribution in [1.29, 1.82) is 0 Å². The van der Waals surface area contributed by atoms with Crippen LogP contribution in [0.15, 0.2) is 30.6 Å². The molecular weight excluding hydrogens is 375 g/mol. The third-order valence-corrected chi connectivity index (χ3v) is 3.65. The number of H-pyrrole nitrogens is 1. The van der Waals surface area contributed by atoms with Gasteiger partial charge in [-0.05, 0) is 53.0 Å². The summed E-state index contributed by atoms with van der Waals surface area (Å²) in [4.78, 5) is 11.4. The van der Waals surface area contributed by atoms with Crippen molar-refractivity contribution in [2.75, 3.05) is 7.11 Å². The van der Waals surface area contributed by atoms with Crippen LogP contribution in [0.3, 0.4) is 0 Å². The molecule has 0 fully saturated rings. The molecule has 2 heterocycles. The monoisotopic (exact) mass is 384 g/mol. The standard InChI is InChI=1S/C12H9IN4OS/c1-18-11-9-10(14-6-15-11)17(12(19)16-9)8-4-2-3-7(13)5-8/h2-6H,1H3,(H,16,19). The number of nitrogens with zero attached hydrogens (tertiary/aromatic N) is 3. The zero-order valence-electron chi connectivity index (χ0n) is 9.92. The van der Waals surface area contributed by atoms with Gasteiger partial charge in [0.1, 0.15) is 11.8 Å². The van der Waals surface area contributed by atoms with Gasteiger partial charge in [-0.15, -0.1) is 0 Å². The molecule has 0 aliphatic heterocycles. The number of methoxy groups -OCH3 is 1. The minimum atomic E-state index is 0.487. The van der Waals surface area contributed by atoms with Gasteiger partial charge in [0.15, 0.2) is 10.4 Å². The second-order valence-corrected chi connectivity index (χ2v) is 5.46. The van der Waals surface area contributed by atoms with Crippen molar-refractivity contribution in [3.8, 4) is 11.6 Å². The number of aromatic amines is 1. The number of aromatic nitrogens is 4. The van der Waals surface area contributed by atoms with Crippen LogP contribution in [-0.2, 0) is 0 Å². The molecule has 0 saturated heterocycles. The molecule has 5 nitrogen and oxygen atoms in total. The minimum absolute atomic E-state index is 0.487. The van der Waals surface area contributed by atoms with Crippen LogP contribution in [0, 0.1) is 8.34 Å². The highest BCUT2D eigenvalue weighted by Crippen LogP contribution is 2.23. The topological polar surface area (TPSA) is 55.7 Å². The first-order chi connectivity index (χ1) is 9.20. The summed E-state index contributed by atoms with van der Waals surface area (Å²) in [5, 5.41) is 0. The number of hydrogen-bond donors (Lipinski definition) is 1. The van der Waals surface area contributed by atoms with Gasteiger partial charge in [-0.2, -0.15) is 4.98 Å². The van der Waals surface area contributed by atoms with Crippen LogP contribution in [0.5, 0.6) is 5.88 Å². The SMILES string of the molecule is COc1ncnc2c1[nH]c(=S)n2-c1cccc(I)c1. The van der Waals surface area contributed by atoms with Gasteiger partial charge in [-0.25, -0.2) is 4.98 Å². The summed E-state index contributed by atoms with van der Waals surface area (Å²) < 4.78 is 8.78. The average molecular weight is 384 g/mol. The maximum Gasteiger partial charge on any atom is 0.242 e. The zero-order chi connectivity index (χ0) is 13.4. The van der Waals surface area contributed by atoms with E-state index >= 15 is 0 Å². The number of halogens is 1. The fourth-order valence-corrected chi connectivity index (χ4v) is 2.73. The number of nitrogens with one attached hydrogen (secondary N) is 1.